The Labute approximate surface area is 101 Å². The number of nitrogens with zero attached hydrogens (tertiary/aromatic N) is 1. The monoisotopic (exact) mass is 279 g/mol. The van der Waals surface area contributed by atoms with Gasteiger partial charge in [0.1, 0.15) is 10.0 Å². The minimum absolute atomic E-state index is 0.00796. The van der Waals surface area contributed by atoms with Crippen LogP contribution in [0.4, 0.5) is 3.89 Å². The van der Waals surface area contributed by atoms with Gasteiger partial charge in [0.2, 0.25) is 0 Å². The van der Waals surface area contributed by atoms with Gasteiger partial charge in [-0.05, 0) is 12.1 Å². The molecule has 0 spiro atoms. The van der Waals surface area contributed by atoms with Crippen molar-refractivity contribution in [1.82, 2.24) is 4.98 Å². The second-order valence-corrected chi connectivity index (χ2v) is 5.13. The van der Waals surface area contributed by atoms with Gasteiger partial charge in [0.15, 0.2) is 0 Å². The van der Waals surface area contributed by atoms with Crippen LogP contribution in [-0.4, -0.2) is 13.4 Å². The molecule has 2 aromatic rings. The Morgan fingerprint density at radius 1 is 1.25 bits per heavy atom. The molecule has 0 unspecified atom stereocenters. The summed E-state index contributed by atoms with van der Waals surface area (Å²) >= 11 is 11.5. The molecule has 0 atom stereocenters. The second kappa shape index (κ2) is 3.84. The van der Waals surface area contributed by atoms with Crippen LogP contribution < -0.4 is 0 Å². The molecule has 0 fully saturated rings. The number of para-hydroxylation sites is 1. The Hall–Kier alpha value is -0.910. The van der Waals surface area contributed by atoms with Gasteiger partial charge >= 0.3 is 10.2 Å². The van der Waals surface area contributed by atoms with Crippen molar-refractivity contribution in [2.24, 2.45) is 0 Å². The van der Waals surface area contributed by atoms with Gasteiger partial charge in [-0.1, -0.05) is 35.3 Å². The lowest BCUT2D eigenvalue weighted by molar-refractivity contribution is 0.553. The molecule has 0 amide bonds. The van der Waals surface area contributed by atoms with Crippen LogP contribution in [0.5, 0.6) is 0 Å². The molecule has 16 heavy (non-hydrogen) atoms. The lowest BCUT2D eigenvalue weighted by atomic mass is 10.2. The van der Waals surface area contributed by atoms with Crippen molar-refractivity contribution in [3.05, 3.63) is 34.4 Å². The number of halogens is 3. The van der Waals surface area contributed by atoms with Gasteiger partial charge in [-0.3, -0.25) is 0 Å². The fourth-order valence-electron chi connectivity index (χ4n) is 1.35. The summed E-state index contributed by atoms with van der Waals surface area (Å²) < 4.78 is 34.7. The van der Waals surface area contributed by atoms with E-state index in [9.17, 15) is 12.3 Å². The summed E-state index contributed by atoms with van der Waals surface area (Å²) in [5.41, 5.74) is -0.0671. The fraction of sp³-hybridized carbons (Fsp3) is 0. The van der Waals surface area contributed by atoms with E-state index in [4.69, 9.17) is 23.2 Å². The van der Waals surface area contributed by atoms with Crippen LogP contribution in [0, 0.1) is 0 Å². The van der Waals surface area contributed by atoms with Gasteiger partial charge in [-0.15, -0.1) is 3.89 Å². The van der Waals surface area contributed by atoms with Crippen molar-refractivity contribution in [1.29, 1.82) is 0 Å². The summed E-state index contributed by atoms with van der Waals surface area (Å²) in [5.74, 6) is 0. The maximum atomic E-state index is 13.0. The SMILES string of the molecule is O=S(=O)(F)c1cccc2c(Cl)cc(Cl)nc12. The van der Waals surface area contributed by atoms with Crippen LogP contribution in [0.1, 0.15) is 0 Å². The number of benzene rings is 1. The molecule has 0 bridgehead atoms. The Balaban J connectivity index is 2.98. The van der Waals surface area contributed by atoms with E-state index in [-0.39, 0.29) is 15.7 Å². The molecule has 0 radical (unpaired) electrons. The predicted molar refractivity (Wildman–Crippen MR) is 60.1 cm³/mol. The van der Waals surface area contributed by atoms with E-state index in [1.807, 2.05) is 0 Å². The quantitative estimate of drug-likeness (QED) is 0.595. The van der Waals surface area contributed by atoms with Crippen LogP contribution in [0.25, 0.3) is 10.9 Å². The third-order valence-corrected chi connectivity index (χ3v) is 3.34. The number of pyridine rings is 1. The van der Waals surface area contributed by atoms with Crippen molar-refractivity contribution in [3.8, 4) is 0 Å². The lowest BCUT2D eigenvalue weighted by Gasteiger charge is -2.03. The number of aromatic nitrogens is 1. The standard InChI is InChI=1S/C9H4Cl2FNO2S/c10-6-4-8(11)13-9-5(6)2-1-3-7(9)16(12,14)15/h1-4H. The van der Waals surface area contributed by atoms with E-state index in [2.05, 4.69) is 4.98 Å². The highest BCUT2D eigenvalue weighted by Crippen LogP contribution is 2.29. The summed E-state index contributed by atoms with van der Waals surface area (Å²) in [6.07, 6.45) is 0. The van der Waals surface area contributed by atoms with Gasteiger partial charge in [0.25, 0.3) is 0 Å². The zero-order chi connectivity index (χ0) is 11.9. The van der Waals surface area contributed by atoms with Crippen LogP contribution in [0.2, 0.25) is 10.2 Å². The van der Waals surface area contributed by atoms with E-state index in [1.165, 1.54) is 18.2 Å². The summed E-state index contributed by atoms with van der Waals surface area (Å²) in [5, 5.41) is 0.568. The summed E-state index contributed by atoms with van der Waals surface area (Å²) in [4.78, 5) is 3.23. The molecule has 1 aromatic carbocycles. The van der Waals surface area contributed by atoms with E-state index in [1.54, 1.807) is 0 Å². The summed E-state index contributed by atoms with van der Waals surface area (Å²) in [6, 6.07) is 5.39. The van der Waals surface area contributed by atoms with Gasteiger partial charge in [0.05, 0.1) is 10.5 Å². The van der Waals surface area contributed by atoms with Crippen molar-refractivity contribution in [2.75, 3.05) is 0 Å². The number of hydrogen-bond acceptors (Lipinski definition) is 3. The van der Waals surface area contributed by atoms with E-state index < -0.39 is 15.1 Å². The van der Waals surface area contributed by atoms with Crippen molar-refractivity contribution in [2.45, 2.75) is 4.90 Å². The van der Waals surface area contributed by atoms with Crippen LogP contribution >= 0.6 is 23.2 Å². The molecule has 2 rings (SSSR count). The molecule has 1 aromatic heterocycles. The minimum atomic E-state index is -4.84. The number of rotatable bonds is 1. The molecule has 3 nitrogen and oxygen atoms in total. The summed E-state index contributed by atoms with van der Waals surface area (Å²) in [6.45, 7) is 0. The second-order valence-electron chi connectivity index (χ2n) is 3.02. The molecule has 0 saturated carbocycles. The highest BCUT2D eigenvalue weighted by atomic mass is 35.5. The maximum Gasteiger partial charge on any atom is 0.334 e. The van der Waals surface area contributed by atoms with Gasteiger partial charge in [-0.25, -0.2) is 4.98 Å². The largest absolute Gasteiger partial charge is 0.334 e. The normalized spacial score (nSPS) is 11.9. The molecule has 0 aliphatic heterocycles. The Kier molecular flexibility index (Phi) is 2.77. The molecule has 84 valence electrons. The summed E-state index contributed by atoms with van der Waals surface area (Å²) in [7, 11) is -4.84. The van der Waals surface area contributed by atoms with Crippen molar-refractivity contribution >= 4 is 44.3 Å². The third kappa shape index (κ3) is 1.98. The Bertz CT molecular complexity index is 673. The van der Waals surface area contributed by atoms with E-state index in [0.717, 1.165) is 6.07 Å². The van der Waals surface area contributed by atoms with Gasteiger partial charge in [-0.2, -0.15) is 8.42 Å². The molecule has 0 aliphatic carbocycles. The first kappa shape index (κ1) is 11.6. The average Bonchev–Trinajstić information content (AvgIpc) is 2.15. The molecule has 0 saturated heterocycles. The number of hydrogen-bond donors (Lipinski definition) is 0. The van der Waals surface area contributed by atoms with Crippen molar-refractivity contribution < 1.29 is 12.3 Å². The van der Waals surface area contributed by atoms with Crippen LogP contribution in [0.15, 0.2) is 29.2 Å². The van der Waals surface area contributed by atoms with Gasteiger partial charge in [0, 0.05) is 5.39 Å². The van der Waals surface area contributed by atoms with Gasteiger partial charge < -0.3 is 0 Å². The Morgan fingerprint density at radius 2 is 1.94 bits per heavy atom. The maximum absolute atomic E-state index is 13.0. The highest BCUT2D eigenvalue weighted by molar-refractivity contribution is 7.86. The molecular weight excluding hydrogens is 276 g/mol. The fourth-order valence-corrected chi connectivity index (χ4v) is 2.48. The third-order valence-electron chi connectivity index (χ3n) is 1.98. The molecular formula is C9H4Cl2FNO2S. The van der Waals surface area contributed by atoms with Crippen molar-refractivity contribution in [3.63, 3.8) is 0 Å². The first-order valence-corrected chi connectivity index (χ1v) is 6.23. The van der Waals surface area contributed by atoms with E-state index >= 15 is 0 Å². The lowest BCUT2D eigenvalue weighted by Crippen LogP contribution is -1.95. The number of fused-ring (bicyclic) bond motifs is 1. The zero-order valence-electron chi connectivity index (χ0n) is 7.62. The minimum Gasteiger partial charge on any atom is -0.235 e. The molecule has 0 aliphatic rings. The predicted octanol–water partition coefficient (Wildman–Crippen LogP) is 3.20. The first-order chi connectivity index (χ1) is 7.39. The van der Waals surface area contributed by atoms with Crippen LogP contribution in [-0.2, 0) is 10.2 Å². The van der Waals surface area contributed by atoms with Crippen LogP contribution in [0.3, 0.4) is 0 Å². The topological polar surface area (TPSA) is 47.0 Å². The molecule has 1 heterocycles. The molecule has 7 heteroatoms. The highest BCUT2D eigenvalue weighted by Gasteiger charge is 2.18. The smallest absolute Gasteiger partial charge is 0.235 e. The average molecular weight is 280 g/mol. The Morgan fingerprint density at radius 3 is 2.56 bits per heavy atom. The first-order valence-electron chi connectivity index (χ1n) is 4.09. The molecule has 0 N–H and O–H groups in total. The van der Waals surface area contributed by atoms with E-state index in [0.29, 0.717) is 5.39 Å². The zero-order valence-corrected chi connectivity index (χ0v) is 9.94.